The van der Waals surface area contributed by atoms with Gasteiger partial charge in [-0.1, -0.05) is 34.1 Å². The fourth-order valence-electron chi connectivity index (χ4n) is 1.79. The first kappa shape index (κ1) is 14.1. The lowest BCUT2D eigenvalue weighted by molar-refractivity contribution is 0.0216. The summed E-state index contributed by atoms with van der Waals surface area (Å²) in [6.07, 6.45) is 1.88. The van der Waals surface area contributed by atoms with E-state index in [0.717, 1.165) is 10.0 Å². The quantitative estimate of drug-likeness (QED) is 0.779. The molecule has 1 aliphatic rings. The van der Waals surface area contributed by atoms with Crippen molar-refractivity contribution in [2.75, 3.05) is 13.1 Å². The highest BCUT2D eigenvalue weighted by molar-refractivity contribution is 9.10. The van der Waals surface area contributed by atoms with Crippen LogP contribution in [0.3, 0.4) is 0 Å². The average Bonchev–Trinajstić information content (AvgIpc) is 2.22. The zero-order valence-corrected chi connectivity index (χ0v) is 13.0. The van der Waals surface area contributed by atoms with Crippen molar-refractivity contribution in [3.63, 3.8) is 0 Å². The van der Waals surface area contributed by atoms with Crippen molar-refractivity contribution in [2.24, 2.45) is 0 Å². The number of rotatable bonds is 1. The van der Waals surface area contributed by atoms with Crippen molar-refractivity contribution in [2.45, 2.75) is 26.4 Å². The van der Waals surface area contributed by atoms with Gasteiger partial charge in [0.25, 0.3) is 0 Å². The standard InChI is InChI=1S/C15H18BrNO2/c1-15(2,3)19-14(18)17-9-12(10-17)8-11-4-6-13(16)7-5-11/h4-8H,9-10H2,1-3H3. The Labute approximate surface area is 122 Å². The van der Waals surface area contributed by atoms with Crippen LogP contribution in [0.1, 0.15) is 26.3 Å². The molecule has 0 bridgehead atoms. The lowest BCUT2D eigenvalue weighted by atomic mass is 10.0. The van der Waals surface area contributed by atoms with E-state index in [4.69, 9.17) is 4.74 Å². The van der Waals surface area contributed by atoms with Crippen molar-refractivity contribution in [1.29, 1.82) is 0 Å². The number of carbonyl (C=O) groups excluding carboxylic acids is 1. The van der Waals surface area contributed by atoms with Crippen molar-refractivity contribution < 1.29 is 9.53 Å². The summed E-state index contributed by atoms with van der Waals surface area (Å²) in [6, 6.07) is 8.12. The van der Waals surface area contributed by atoms with Gasteiger partial charge in [0.2, 0.25) is 0 Å². The SMILES string of the molecule is CC(C)(C)OC(=O)N1CC(=Cc2ccc(Br)cc2)C1. The maximum absolute atomic E-state index is 11.8. The Morgan fingerprint density at radius 1 is 1.26 bits per heavy atom. The molecule has 4 heteroatoms. The summed E-state index contributed by atoms with van der Waals surface area (Å²) < 4.78 is 6.38. The molecule has 3 nitrogen and oxygen atoms in total. The lowest BCUT2D eigenvalue weighted by Gasteiger charge is -2.35. The minimum atomic E-state index is -0.428. The molecule has 0 atom stereocenters. The van der Waals surface area contributed by atoms with E-state index in [0.29, 0.717) is 13.1 Å². The van der Waals surface area contributed by atoms with Crippen LogP contribution in [0.4, 0.5) is 4.79 Å². The average molecular weight is 324 g/mol. The van der Waals surface area contributed by atoms with E-state index >= 15 is 0 Å². The highest BCUT2D eigenvalue weighted by Crippen LogP contribution is 2.21. The molecule has 1 saturated heterocycles. The molecule has 1 amide bonds. The van der Waals surface area contributed by atoms with E-state index in [1.54, 1.807) is 4.90 Å². The Morgan fingerprint density at radius 2 is 1.84 bits per heavy atom. The number of carbonyl (C=O) groups is 1. The zero-order valence-electron chi connectivity index (χ0n) is 11.4. The molecule has 1 aromatic rings. The molecule has 0 radical (unpaired) electrons. The van der Waals surface area contributed by atoms with Gasteiger partial charge in [-0.05, 0) is 44.0 Å². The molecule has 0 N–H and O–H groups in total. The Balaban J connectivity index is 1.89. The third-order valence-electron chi connectivity index (χ3n) is 2.68. The number of hydrogen-bond donors (Lipinski definition) is 0. The topological polar surface area (TPSA) is 29.5 Å². The third-order valence-corrected chi connectivity index (χ3v) is 3.21. The Kier molecular flexibility index (Phi) is 3.99. The van der Waals surface area contributed by atoms with Crippen LogP contribution in [0.2, 0.25) is 0 Å². The molecule has 1 heterocycles. The summed E-state index contributed by atoms with van der Waals surface area (Å²) in [7, 11) is 0. The number of hydrogen-bond acceptors (Lipinski definition) is 2. The minimum Gasteiger partial charge on any atom is -0.444 e. The second kappa shape index (κ2) is 5.37. The van der Waals surface area contributed by atoms with Gasteiger partial charge in [-0.3, -0.25) is 0 Å². The van der Waals surface area contributed by atoms with Crippen LogP contribution in [0, 0.1) is 0 Å². The highest BCUT2D eigenvalue weighted by Gasteiger charge is 2.29. The maximum Gasteiger partial charge on any atom is 0.410 e. The molecule has 19 heavy (non-hydrogen) atoms. The number of likely N-dealkylation sites (tertiary alicyclic amines) is 1. The van der Waals surface area contributed by atoms with E-state index < -0.39 is 5.60 Å². The van der Waals surface area contributed by atoms with Gasteiger partial charge >= 0.3 is 6.09 Å². The van der Waals surface area contributed by atoms with E-state index in [9.17, 15) is 4.79 Å². The Morgan fingerprint density at radius 3 is 2.37 bits per heavy atom. The largest absolute Gasteiger partial charge is 0.444 e. The van der Waals surface area contributed by atoms with Gasteiger partial charge in [0.1, 0.15) is 5.60 Å². The molecule has 0 saturated carbocycles. The van der Waals surface area contributed by atoms with E-state index in [1.807, 2.05) is 45.0 Å². The van der Waals surface area contributed by atoms with Gasteiger partial charge in [-0.25, -0.2) is 4.79 Å². The van der Waals surface area contributed by atoms with Crippen LogP contribution in [0.15, 0.2) is 34.3 Å². The Hall–Kier alpha value is -1.29. The van der Waals surface area contributed by atoms with Crippen LogP contribution in [0.5, 0.6) is 0 Å². The fraction of sp³-hybridized carbons (Fsp3) is 0.400. The van der Waals surface area contributed by atoms with Gasteiger partial charge in [0, 0.05) is 17.6 Å². The number of halogens is 1. The van der Waals surface area contributed by atoms with Crippen LogP contribution in [-0.2, 0) is 4.74 Å². The fourth-order valence-corrected chi connectivity index (χ4v) is 2.05. The molecule has 0 unspecified atom stereocenters. The van der Waals surface area contributed by atoms with Crippen molar-refractivity contribution >= 4 is 28.1 Å². The smallest absolute Gasteiger partial charge is 0.410 e. The monoisotopic (exact) mass is 323 g/mol. The molecule has 0 aromatic heterocycles. The number of benzene rings is 1. The molecule has 1 aliphatic heterocycles. The first-order valence-electron chi connectivity index (χ1n) is 6.26. The molecule has 0 spiro atoms. The summed E-state index contributed by atoms with van der Waals surface area (Å²) in [6.45, 7) is 6.95. The second-order valence-corrected chi connectivity index (χ2v) is 6.61. The van der Waals surface area contributed by atoms with Gasteiger partial charge in [0.05, 0.1) is 0 Å². The minimum absolute atomic E-state index is 0.236. The van der Waals surface area contributed by atoms with Gasteiger partial charge < -0.3 is 9.64 Å². The first-order valence-corrected chi connectivity index (χ1v) is 7.06. The normalized spacial score (nSPS) is 14.9. The van der Waals surface area contributed by atoms with Gasteiger partial charge in [-0.15, -0.1) is 0 Å². The third kappa shape index (κ3) is 4.10. The van der Waals surface area contributed by atoms with Crippen molar-refractivity contribution in [3.8, 4) is 0 Å². The van der Waals surface area contributed by atoms with E-state index in [-0.39, 0.29) is 6.09 Å². The number of ether oxygens (including phenoxy) is 1. The molecular formula is C15H18BrNO2. The van der Waals surface area contributed by atoms with Crippen LogP contribution < -0.4 is 0 Å². The number of amides is 1. The lowest BCUT2D eigenvalue weighted by Crippen LogP contribution is -2.46. The van der Waals surface area contributed by atoms with Gasteiger partial charge in [-0.2, -0.15) is 0 Å². The molecule has 2 rings (SSSR count). The Bertz CT molecular complexity index is 492. The van der Waals surface area contributed by atoms with E-state index in [1.165, 1.54) is 5.57 Å². The maximum atomic E-state index is 11.8. The summed E-state index contributed by atoms with van der Waals surface area (Å²) in [5, 5.41) is 0. The molecular weight excluding hydrogens is 306 g/mol. The van der Waals surface area contributed by atoms with Crippen molar-refractivity contribution in [1.82, 2.24) is 4.90 Å². The summed E-state index contributed by atoms with van der Waals surface area (Å²) in [5.41, 5.74) is 1.97. The zero-order chi connectivity index (χ0) is 14.0. The first-order chi connectivity index (χ1) is 8.83. The summed E-state index contributed by atoms with van der Waals surface area (Å²) in [4.78, 5) is 13.5. The second-order valence-electron chi connectivity index (χ2n) is 5.69. The highest BCUT2D eigenvalue weighted by atomic mass is 79.9. The van der Waals surface area contributed by atoms with Crippen LogP contribution in [0.25, 0.3) is 6.08 Å². The predicted molar refractivity (Wildman–Crippen MR) is 79.9 cm³/mol. The summed E-state index contributed by atoms with van der Waals surface area (Å²) >= 11 is 3.41. The molecule has 1 fully saturated rings. The molecule has 102 valence electrons. The predicted octanol–water partition coefficient (Wildman–Crippen LogP) is 4.08. The van der Waals surface area contributed by atoms with Crippen LogP contribution in [-0.4, -0.2) is 29.7 Å². The molecule has 1 aromatic carbocycles. The molecule has 0 aliphatic carbocycles. The van der Waals surface area contributed by atoms with E-state index in [2.05, 4.69) is 22.0 Å². The van der Waals surface area contributed by atoms with Crippen LogP contribution >= 0.6 is 15.9 Å². The van der Waals surface area contributed by atoms with Gasteiger partial charge in [0.15, 0.2) is 0 Å². The van der Waals surface area contributed by atoms with Crippen molar-refractivity contribution in [3.05, 3.63) is 39.9 Å². The summed E-state index contributed by atoms with van der Waals surface area (Å²) in [5.74, 6) is 0. The number of nitrogens with zero attached hydrogens (tertiary/aromatic N) is 1.